The van der Waals surface area contributed by atoms with E-state index in [1.165, 1.54) is 12.1 Å². The Morgan fingerprint density at radius 2 is 1.19 bits per heavy atom. The molecule has 0 saturated heterocycles. The molecule has 276 valence electrons. The van der Waals surface area contributed by atoms with Gasteiger partial charge in [0.25, 0.3) is 11.8 Å². The Morgan fingerprint density at radius 3 is 1.65 bits per heavy atom. The molecule has 0 fully saturated rings. The molecule has 1 aliphatic heterocycles. The number of hydrogen-bond acceptors (Lipinski definition) is 9. The molecule has 3 aromatic rings. The highest BCUT2D eigenvalue weighted by atomic mass is 16.6. The average molecular weight is 716 g/mol. The summed E-state index contributed by atoms with van der Waals surface area (Å²) in [7, 11) is 0. The molecule has 13 heteroatoms. The maximum Gasteiger partial charge on any atom is 0.430 e. The highest BCUT2D eigenvalue weighted by Crippen LogP contribution is 2.30. The summed E-state index contributed by atoms with van der Waals surface area (Å²) in [6.07, 6.45) is -2.50. The number of hydrogen-bond donors (Lipinski definition) is 1. The number of aliphatic carboxylic acids is 1. The third kappa shape index (κ3) is 9.74. The van der Waals surface area contributed by atoms with Crippen molar-refractivity contribution in [2.24, 2.45) is 5.41 Å². The van der Waals surface area contributed by atoms with E-state index in [1.54, 1.807) is 114 Å². The lowest BCUT2D eigenvalue weighted by molar-refractivity contribution is -0.157. The lowest BCUT2D eigenvalue weighted by Crippen LogP contribution is -2.62. The molecule has 0 aliphatic carbocycles. The van der Waals surface area contributed by atoms with E-state index in [0.29, 0.717) is 11.1 Å². The number of hydrazine groups is 1. The standard InChI is InChI=1S/C39H45N3O10/c1-38(2,3)31(34(45)46)42(37(49)51-25-27-18-11-8-12-19-27)40(36(48)52-39(4,5)6)23-15-22-30(35(47)50-24-26-16-9-7-10-17-26)41-32(43)28-20-13-14-21-29(28)33(41)44/h7-14,16-21,30-31H,15,22-25H2,1-6H3,(H,45,46). The minimum absolute atomic E-state index is 0.114. The van der Waals surface area contributed by atoms with Gasteiger partial charge in [0, 0.05) is 6.54 Å². The lowest BCUT2D eigenvalue weighted by Gasteiger charge is -2.42. The van der Waals surface area contributed by atoms with Crippen LogP contribution in [0, 0.1) is 5.41 Å². The Labute approximate surface area is 303 Å². The Morgan fingerprint density at radius 1 is 0.712 bits per heavy atom. The van der Waals surface area contributed by atoms with Gasteiger partial charge in [0.2, 0.25) is 0 Å². The quantitative estimate of drug-likeness (QED) is 0.0954. The Hall–Kier alpha value is -5.72. The minimum atomic E-state index is -1.62. The van der Waals surface area contributed by atoms with Crippen molar-refractivity contribution in [2.75, 3.05) is 6.54 Å². The number of imide groups is 1. The third-order valence-corrected chi connectivity index (χ3v) is 8.04. The number of nitrogens with zero attached hydrogens (tertiary/aromatic N) is 3. The van der Waals surface area contributed by atoms with Crippen LogP contribution >= 0.6 is 0 Å². The molecule has 0 radical (unpaired) electrons. The van der Waals surface area contributed by atoms with Gasteiger partial charge in [-0.15, -0.1) is 0 Å². The first-order valence-electron chi connectivity index (χ1n) is 16.9. The van der Waals surface area contributed by atoms with E-state index >= 15 is 0 Å². The highest BCUT2D eigenvalue weighted by molar-refractivity contribution is 6.22. The van der Waals surface area contributed by atoms with Crippen LogP contribution < -0.4 is 0 Å². The van der Waals surface area contributed by atoms with Crippen molar-refractivity contribution in [1.82, 2.24) is 14.9 Å². The number of carboxylic acid groups (broad SMARTS) is 1. The molecule has 13 nitrogen and oxygen atoms in total. The summed E-state index contributed by atoms with van der Waals surface area (Å²) in [6, 6.07) is 20.7. The predicted molar refractivity (Wildman–Crippen MR) is 188 cm³/mol. The number of carbonyl (C=O) groups excluding carboxylic acids is 5. The monoisotopic (exact) mass is 715 g/mol. The number of benzene rings is 3. The zero-order valence-corrected chi connectivity index (χ0v) is 30.2. The number of ether oxygens (including phenoxy) is 3. The SMILES string of the molecule is CC(C)(C)OC(=O)N(CCCC(C(=O)OCc1ccccc1)N1C(=O)c2ccccc2C1=O)N(C(=O)OCc1ccccc1)C(C(=O)O)C(C)(C)C. The van der Waals surface area contributed by atoms with Crippen LogP contribution in [-0.2, 0) is 37.0 Å². The van der Waals surface area contributed by atoms with Gasteiger partial charge in [-0.3, -0.25) is 14.5 Å². The number of rotatable bonds is 12. The Kier molecular flexibility index (Phi) is 12.4. The maximum absolute atomic E-state index is 13.9. The first-order valence-corrected chi connectivity index (χ1v) is 16.9. The zero-order valence-electron chi connectivity index (χ0n) is 30.2. The van der Waals surface area contributed by atoms with Crippen molar-refractivity contribution >= 4 is 35.9 Å². The summed E-state index contributed by atoms with van der Waals surface area (Å²) in [5.74, 6) is -3.64. The van der Waals surface area contributed by atoms with E-state index in [2.05, 4.69) is 0 Å². The van der Waals surface area contributed by atoms with E-state index in [4.69, 9.17) is 14.2 Å². The average Bonchev–Trinajstić information content (AvgIpc) is 3.33. The molecular weight excluding hydrogens is 670 g/mol. The zero-order chi connectivity index (χ0) is 38.2. The van der Waals surface area contributed by atoms with Crippen LogP contribution in [0.3, 0.4) is 0 Å². The van der Waals surface area contributed by atoms with Gasteiger partial charge in [0.15, 0.2) is 6.04 Å². The molecule has 2 atom stereocenters. The fourth-order valence-electron chi connectivity index (χ4n) is 5.67. The normalized spacial score (nSPS) is 13.8. The van der Waals surface area contributed by atoms with Gasteiger partial charge < -0.3 is 19.3 Å². The molecule has 1 aliphatic rings. The van der Waals surface area contributed by atoms with Crippen LogP contribution in [-0.4, -0.2) is 80.2 Å². The van der Waals surface area contributed by atoms with Crippen molar-refractivity contribution in [3.8, 4) is 0 Å². The molecule has 0 bridgehead atoms. The van der Waals surface area contributed by atoms with Crippen LogP contribution in [0.5, 0.6) is 0 Å². The first kappa shape index (κ1) is 39.1. The van der Waals surface area contributed by atoms with Crippen LogP contribution in [0.25, 0.3) is 0 Å². The summed E-state index contributed by atoms with van der Waals surface area (Å²) in [5, 5.41) is 12.0. The van der Waals surface area contributed by atoms with Gasteiger partial charge in [-0.25, -0.2) is 24.2 Å². The molecular formula is C39H45N3O10. The second-order valence-electron chi connectivity index (χ2n) is 14.4. The van der Waals surface area contributed by atoms with E-state index in [1.807, 2.05) is 0 Å². The molecule has 2 unspecified atom stereocenters. The van der Waals surface area contributed by atoms with Gasteiger partial charge in [0.1, 0.15) is 24.9 Å². The van der Waals surface area contributed by atoms with Crippen LogP contribution in [0.2, 0.25) is 0 Å². The van der Waals surface area contributed by atoms with E-state index in [-0.39, 0.29) is 43.7 Å². The highest BCUT2D eigenvalue weighted by Gasteiger charge is 2.47. The summed E-state index contributed by atoms with van der Waals surface area (Å²) in [6.45, 7) is 8.90. The van der Waals surface area contributed by atoms with Crippen molar-refractivity contribution in [3.63, 3.8) is 0 Å². The second kappa shape index (κ2) is 16.5. The molecule has 0 spiro atoms. The van der Waals surface area contributed by atoms with E-state index < -0.39 is 59.0 Å². The van der Waals surface area contributed by atoms with Crippen molar-refractivity contribution in [1.29, 1.82) is 0 Å². The van der Waals surface area contributed by atoms with Crippen molar-refractivity contribution in [3.05, 3.63) is 107 Å². The van der Waals surface area contributed by atoms with E-state index in [0.717, 1.165) is 14.9 Å². The number of fused-ring (bicyclic) bond motifs is 1. The number of amides is 4. The van der Waals surface area contributed by atoms with Crippen LogP contribution in [0.1, 0.15) is 86.2 Å². The lowest BCUT2D eigenvalue weighted by atomic mass is 9.86. The first-order chi connectivity index (χ1) is 24.5. The largest absolute Gasteiger partial charge is 0.480 e. The summed E-state index contributed by atoms with van der Waals surface area (Å²) in [4.78, 5) is 82.2. The van der Waals surface area contributed by atoms with Gasteiger partial charge >= 0.3 is 24.1 Å². The van der Waals surface area contributed by atoms with Gasteiger partial charge in [-0.1, -0.05) is 93.6 Å². The van der Waals surface area contributed by atoms with Crippen molar-refractivity contribution < 1.29 is 48.1 Å². The smallest absolute Gasteiger partial charge is 0.430 e. The number of carbonyl (C=O) groups is 6. The van der Waals surface area contributed by atoms with Crippen molar-refractivity contribution in [2.45, 2.75) is 85.3 Å². The molecule has 4 rings (SSSR count). The number of esters is 1. The predicted octanol–water partition coefficient (Wildman–Crippen LogP) is 6.47. The summed E-state index contributed by atoms with van der Waals surface area (Å²) in [5.41, 5.74) is -0.614. The fraction of sp³-hybridized carbons (Fsp3) is 0.385. The molecule has 52 heavy (non-hydrogen) atoms. The van der Waals surface area contributed by atoms with Crippen LogP contribution in [0.15, 0.2) is 84.9 Å². The van der Waals surface area contributed by atoms with Gasteiger partial charge in [0.05, 0.1) is 11.1 Å². The summed E-state index contributed by atoms with van der Waals surface area (Å²) < 4.78 is 16.8. The molecule has 1 heterocycles. The molecule has 1 N–H and O–H groups in total. The molecule has 0 aromatic heterocycles. The molecule has 4 amide bonds. The topological polar surface area (TPSA) is 160 Å². The maximum atomic E-state index is 13.9. The van der Waals surface area contributed by atoms with Crippen LogP contribution in [0.4, 0.5) is 9.59 Å². The number of carboxylic acids is 1. The Bertz CT molecular complexity index is 1730. The van der Waals surface area contributed by atoms with E-state index in [9.17, 15) is 33.9 Å². The minimum Gasteiger partial charge on any atom is -0.480 e. The fourth-order valence-corrected chi connectivity index (χ4v) is 5.67. The molecule has 0 saturated carbocycles. The third-order valence-electron chi connectivity index (χ3n) is 8.04. The second-order valence-corrected chi connectivity index (χ2v) is 14.4. The summed E-state index contributed by atoms with van der Waals surface area (Å²) >= 11 is 0. The van der Waals surface area contributed by atoms with Gasteiger partial charge in [-0.2, -0.15) is 5.01 Å². The van der Waals surface area contributed by atoms with Gasteiger partial charge in [-0.05, 0) is 62.3 Å². The Balaban J connectivity index is 1.67. The molecule has 3 aromatic carbocycles.